The van der Waals surface area contributed by atoms with Gasteiger partial charge in [-0.25, -0.2) is 4.39 Å². The average Bonchev–Trinajstić information content (AvgIpc) is 2.27. The number of hydrogen-bond acceptors (Lipinski definition) is 1. The number of rotatable bonds is 3. The summed E-state index contributed by atoms with van der Waals surface area (Å²) >= 11 is 3.31. The number of nitrogens with zero attached hydrogens (tertiary/aromatic N) is 1. The normalized spacial score (nSPS) is 12.3. The van der Waals surface area contributed by atoms with Crippen molar-refractivity contribution in [3.8, 4) is 0 Å². The van der Waals surface area contributed by atoms with Gasteiger partial charge in [-0.1, -0.05) is 15.9 Å². The van der Waals surface area contributed by atoms with Gasteiger partial charge in [0.05, 0.1) is 0 Å². The maximum atomic E-state index is 12.6. The maximum Gasteiger partial charge on any atom is 0.253 e. The Morgan fingerprint density at radius 1 is 1.47 bits per heavy atom. The first kappa shape index (κ1) is 12.2. The van der Waals surface area contributed by atoms with Crippen molar-refractivity contribution in [3.63, 3.8) is 0 Å². The number of benzene rings is 1. The van der Waals surface area contributed by atoms with E-state index in [1.54, 1.807) is 11.9 Å². The summed E-state index contributed by atoms with van der Waals surface area (Å²) in [5, 5.41) is 0.719. The molecule has 0 aliphatic carbocycles. The number of carbonyl (C=O) groups is 1. The van der Waals surface area contributed by atoms with Crippen LogP contribution >= 0.6 is 15.9 Å². The van der Waals surface area contributed by atoms with Crippen LogP contribution < -0.4 is 0 Å². The third-order valence-corrected chi connectivity index (χ3v) is 3.23. The summed E-state index contributed by atoms with van der Waals surface area (Å²) in [7, 11) is 1.73. The summed E-state index contributed by atoms with van der Waals surface area (Å²) in [6, 6.07) is 5.69. The predicted molar refractivity (Wildman–Crippen MR) is 61.7 cm³/mol. The minimum atomic E-state index is -0.331. The van der Waals surface area contributed by atoms with Gasteiger partial charge in [0.25, 0.3) is 5.91 Å². The molecule has 1 aromatic carbocycles. The van der Waals surface area contributed by atoms with Gasteiger partial charge in [-0.2, -0.15) is 0 Å². The molecule has 1 aromatic rings. The summed E-state index contributed by atoms with van der Waals surface area (Å²) < 4.78 is 12.6. The topological polar surface area (TPSA) is 20.3 Å². The van der Waals surface area contributed by atoms with Crippen molar-refractivity contribution in [3.05, 3.63) is 35.6 Å². The summed E-state index contributed by atoms with van der Waals surface area (Å²) in [5.74, 6) is -0.426. The number of halogens is 2. The van der Waals surface area contributed by atoms with Crippen LogP contribution in [0.3, 0.4) is 0 Å². The molecule has 0 aliphatic heterocycles. The van der Waals surface area contributed by atoms with Crippen LogP contribution in [0.1, 0.15) is 17.3 Å². The van der Waals surface area contributed by atoms with Gasteiger partial charge in [0, 0.05) is 24.0 Å². The Labute approximate surface area is 97.2 Å². The largest absolute Gasteiger partial charge is 0.338 e. The number of hydrogen-bond donors (Lipinski definition) is 0. The lowest BCUT2D eigenvalue weighted by Gasteiger charge is -2.23. The van der Waals surface area contributed by atoms with Crippen molar-refractivity contribution < 1.29 is 9.18 Å². The zero-order chi connectivity index (χ0) is 11.4. The molecule has 15 heavy (non-hydrogen) atoms. The van der Waals surface area contributed by atoms with Crippen LogP contribution in [0.25, 0.3) is 0 Å². The fourth-order valence-electron chi connectivity index (χ4n) is 1.10. The van der Waals surface area contributed by atoms with Gasteiger partial charge in [0.15, 0.2) is 0 Å². The predicted octanol–water partition coefficient (Wildman–Crippen LogP) is 2.68. The Balaban J connectivity index is 2.80. The van der Waals surface area contributed by atoms with Crippen LogP contribution in [-0.2, 0) is 0 Å². The summed E-state index contributed by atoms with van der Waals surface area (Å²) in [5.41, 5.74) is 0.506. The maximum absolute atomic E-state index is 12.6. The van der Waals surface area contributed by atoms with Gasteiger partial charge in [-0.15, -0.1) is 0 Å². The first-order valence-electron chi connectivity index (χ1n) is 4.65. The molecule has 0 saturated carbocycles. The first-order chi connectivity index (χ1) is 7.06. The van der Waals surface area contributed by atoms with E-state index in [2.05, 4.69) is 15.9 Å². The molecule has 0 radical (unpaired) electrons. The highest BCUT2D eigenvalue weighted by Crippen LogP contribution is 2.09. The van der Waals surface area contributed by atoms with Gasteiger partial charge >= 0.3 is 0 Å². The molecule has 0 N–H and O–H groups in total. The molecule has 1 rings (SSSR count). The third-order valence-electron chi connectivity index (χ3n) is 2.30. The summed E-state index contributed by atoms with van der Waals surface area (Å²) in [4.78, 5) is 13.5. The van der Waals surface area contributed by atoms with E-state index in [1.807, 2.05) is 6.92 Å². The van der Waals surface area contributed by atoms with Gasteiger partial charge in [-0.3, -0.25) is 4.79 Å². The van der Waals surface area contributed by atoms with Crippen molar-refractivity contribution >= 4 is 21.8 Å². The summed E-state index contributed by atoms with van der Waals surface area (Å²) in [6.45, 7) is 1.94. The molecule has 0 aliphatic rings. The Kier molecular flexibility index (Phi) is 4.27. The second-order valence-electron chi connectivity index (χ2n) is 3.43. The lowest BCUT2D eigenvalue weighted by molar-refractivity contribution is 0.0758. The van der Waals surface area contributed by atoms with Crippen molar-refractivity contribution in [2.75, 3.05) is 12.4 Å². The van der Waals surface area contributed by atoms with Crippen LogP contribution in [0.2, 0.25) is 0 Å². The van der Waals surface area contributed by atoms with Crippen molar-refractivity contribution in [1.82, 2.24) is 4.90 Å². The number of amides is 1. The molecule has 4 heteroatoms. The number of alkyl halides is 1. The van der Waals surface area contributed by atoms with Crippen LogP contribution in [0.5, 0.6) is 0 Å². The van der Waals surface area contributed by atoms with E-state index in [-0.39, 0.29) is 17.8 Å². The Morgan fingerprint density at radius 2 is 2.00 bits per heavy atom. The molecule has 0 heterocycles. The van der Waals surface area contributed by atoms with E-state index < -0.39 is 0 Å². The van der Waals surface area contributed by atoms with Crippen LogP contribution in [-0.4, -0.2) is 29.2 Å². The van der Waals surface area contributed by atoms with Gasteiger partial charge in [-0.05, 0) is 31.2 Å². The minimum Gasteiger partial charge on any atom is -0.338 e. The molecule has 0 spiro atoms. The summed E-state index contributed by atoms with van der Waals surface area (Å²) in [6.07, 6.45) is 0. The molecule has 0 aromatic heterocycles. The lowest BCUT2D eigenvalue weighted by Crippen LogP contribution is -2.36. The fraction of sp³-hybridized carbons (Fsp3) is 0.364. The van der Waals surface area contributed by atoms with Crippen LogP contribution in [0.4, 0.5) is 4.39 Å². The highest BCUT2D eigenvalue weighted by Gasteiger charge is 2.16. The molecular weight excluding hydrogens is 261 g/mol. The molecule has 0 fully saturated rings. The van der Waals surface area contributed by atoms with Crippen LogP contribution in [0.15, 0.2) is 24.3 Å². The highest BCUT2D eigenvalue weighted by atomic mass is 79.9. The van der Waals surface area contributed by atoms with E-state index in [9.17, 15) is 9.18 Å². The zero-order valence-corrected chi connectivity index (χ0v) is 10.3. The Morgan fingerprint density at radius 3 is 2.47 bits per heavy atom. The number of carbonyl (C=O) groups excluding carboxylic acids is 1. The minimum absolute atomic E-state index is 0.0954. The molecule has 2 nitrogen and oxygen atoms in total. The zero-order valence-electron chi connectivity index (χ0n) is 8.71. The molecule has 0 saturated heterocycles. The van der Waals surface area contributed by atoms with Gasteiger partial charge in [0.2, 0.25) is 0 Å². The van der Waals surface area contributed by atoms with Gasteiger partial charge in [0.1, 0.15) is 5.82 Å². The quantitative estimate of drug-likeness (QED) is 0.776. The molecule has 1 amide bonds. The van der Waals surface area contributed by atoms with E-state index in [0.717, 1.165) is 5.33 Å². The van der Waals surface area contributed by atoms with Crippen molar-refractivity contribution in [2.24, 2.45) is 0 Å². The van der Waals surface area contributed by atoms with Gasteiger partial charge < -0.3 is 4.90 Å². The third kappa shape index (κ3) is 3.02. The highest BCUT2D eigenvalue weighted by molar-refractivity contribution is 9.09. The van der Waals surface area contributed by atoms with E-state index in [4.69, 9.17) is 0 Å². The van der Waals surface area contributed by atoms with E-state index in [0.29, 0.717) is 5.56 Å². The van der Waals surface area contributed by atoms with Crippen LogP contribution in [0, 0.1) is 5.82 Å². The monoisotopic (exact) mass is 273 g/mol. The van der Waals surface area contributed by atoms with E-state index in [1.165, 1.54) is 24.3 Å². The first-order valence-corrected chi connectivity index (χ1v) is 5.77. The second kappa shape index (κ2) is 5.26. The Hall–Kier alpha value is -0.900. The Bertz CT molecular complexity index is 339. The van der Waals surface area contributed by atoms with Crippen molar-refractivity contribution in [1.29, 1.82) is 0 Å². The molecular formula is C11H13BrFNO. The standard InChI is InChI=1S/C11H13BrFNO/c1-8(7-12)14(2)11(15)9-3-5-10(13)6-4-9/h3-6,8H,7H2,1-2H3. The SMILES string of the molecule is CC(CBr)N(C)C(=O)c1ccc(F)cc1. The molecule has 0 bridgehead atoms. The average molecular weight is 274 g/mol. The smallest absolute Gasteiger partial charge is 0.253 e. The second-order valence-corrected chi connectivity index (χ2v) is 4.07. The fourth-order valence-corrected chi connectivity index (χ4v) is 1.53. The molecule has 1 atom stereocenters. The molecule has 82 valence electrons. The van der Waals surface area contributed by atoms with Crippen molar-refractivity contribution in [2.45, 2.75) is 13.0 Å². The lowest BCUT2D eigenvalue weighted by atomic mass is 10.2. The van der Waals surface area contributed by atoms with E-state index >= 15 is 0 Å². The molecule has 1 unspecified atom stereocenters.